The molecule has 0 saturated heterocycles. The molecule has 0 heterocycles. The van der Waals surface area contributed by atoms with Crippen molar-refractivity contribution >= 4 is 17.6 Å². The average Bonchev–Trinajstić information content (AvgIpc) is 2.32. The lowest BCUT2D eigenvalue weighted by Gasteiger charge is -2.15. The smallest absolute Gasteiger partial charge is 0.333 e. The zero-order chi connectivity index (χ0) is 13.5. The molecule has 0 aromatic heterocycles. The van der Waals surface area contributed by atoms with Crippen molar-refractivity contribution in [2.75, 3.05) is 6.61 Å². The molecule has 100 valence electrons. The summed E-state index contributed by atoms with van der Waals surface area (Å²) in [6.07, 6.45) is 1.42. The Balaban J connectivity index is 2.70. The molecule has 0 spiro atoms. The molecular formula is C14H19ClO3. The zero-order valence-electron chi connectivity index (χ0n) is 10.8. The Bertz CT molecular complexity index is 404. The fraction of sp³-hybridized carbons (Fsp3) is 0.500. The van der Waals surface area contributed by atoms with Crippen LogP contribution in [-0.2, 0) is 16.0 Å². The molecular weight excluding hydrogens is 252 g/mol. The molecule has 0 amide bonds. The number of ether oxygens (including phenoxy) is 1. The molecule has 0 aliphatic rings. The Morgan fingerprint density at radius 3 is 2.83 bits per heavy atom. The molecule has 18 heavy (non-hydrogen) atoms. The highest BCUT2D eigenvalue weighted by Crippen LogP contribution is 2.18. The minimum absolute atomic E-state index is 0.353. The van der Waals surface area contributed by atoms with Gasteiger partial charge >= 0.3 is 5.97 Å². The average molecular weight is 271 g/mol. The normalized spacial score (nSPS) is 12.4. The predicted octanol–water partition coefficient (Wildman–Crippen LogP) is 3.46. The van der Waals surface area contributed by atoms with Gasteiger partial charge in [-0.2, -0.15) is 0 Å². The number of carboxylic acid groups (broad SMARTS) is 1. The van der Waals surface area contributed by atoms with E-state index in [4.69, 9.17) is 21.4 Å². The van der Waals surface area contributed by atoms with E-state index in [-0.39, 0.29) is 0 Å². The van der Waals surface area contributed by atoms with Gasteiger partial charge in [0.05, 0.1) is 0 Å². The third-order valence-corrected chi connectivity index (χ3v) is 3.04. The summed E-state index contributed by atoms with van der Waals surface area (Å²) >= 11 is 5.92. The number of carboxylic acids is 1. The minimum Gasteiger partial charge on any atom is -0.479 e. The van der Waals surface area contributed by atoms with Gasteiger partial charge in [0.1, 0.15) is 0 Å². The highest BCUT2D eigenvalue weighted by molar-refractivity contribution is 6.30. The second-order valence-electron chi connectivity index (χ2n) is 4.33. The second kappa shape index (κ2) is 7.39. The molecule has 0 bridgehead atoms. The number of aryl methyl sites for hydroxylation is 1. The van der Waals surface area contributed by atoms with Gasteiger partial charge in [-0.15, -0.1) is 0 Å². The monoisotopic (exact) mass is 270 g/mol. The summed E-state index contributed by atoms with van der Waals surface area (Å²) in [6, 6.07) is 5.49. The number of hydrogen-bond acceptors (Lipinski definition) is 2. The molecule has 0 saturated carbocycles. The van der Waals surface area contributed by atoms with Crippen molar-refractivity contribution in [1.82, 2.24) is 0 Å². The van der Waals surface area contributed by atoms with E-state index in [0.29, 0.717) is 18.1 Å². The molecule has 1 atom stereocenters. The number of aliphatic carboxylic acids is 1. The molecule has 1 rings (SSSR count). The van der Waals surface area contributed by atoms with E-state index in [9.17, 15) is 4.79 Å². The van der Waals surface area contributed by atoms with Crippen LogP contribution in [0.2, 0.25) is 5.02 Å². The Morgan fingerprint density at radius 2 is 2.22 bits per heavy atom. The topological polar surface area (TPSA) is 46.5 Å². The van der Waals surface area contributed by atoms with Crippen LogP contribution in [-0.4, -0.2) is 23.8 Å². The number of unbranched alkanes of at least 4 members (excludes halogenated alkanes) is 1. The number of rotatable bonds is 7. The molecule has 0 aliphatic carbocycles. The van der Waals surface area contributed by atoms with Crippen molar-refractivity contribution in [3.05, 3.63) is 34.3 Å². The van der Waals surface area contributed by atoms with E-state index in [1.54, 1.807) is 12.1 Å². The van der Waals surface area contributed by atoms with Crippen molar-refractivity contribution in [3.8, 4) is 0 Å². The maximum absolute atomic E-state index is 11.1. The highest BCUT2D eigenvalue weighted by Gasteiger charge is 2.19. The molecule has 0 radical (unpaired) electrons. The van der Waals surface area contributed by atoms with Gasteiger partial charge < -0.3 is 9.84 Å². The number of benzene rings is 1. The SMILES string of the molecule is CCCCO[C@@H](Cc1cc(Cl)ccc1C)C(=O)O. The first kappa shape index (κ1) is 15.0. The fourth-order valence-corrected chi connectivity index (χ4v) is 1.84. The van der Waals surface area contributed by atoms with E-state index in [1.807, 2.05) is 19.9 Å². The van der Waals surface area contributed by atoms with Gasteiger partial charge in [0.2, 0.25) is 0 Å². The van der Waals surface area contributed by atoms with Gasteiger partial charge in [-0.3, -0.25) is 0 Å². The Kier molecular flexibility index (Phi) is 6.16. The lowest BCUT2D eigenvalue weighted by Crippen LogP contribution is -2.27. The lowest BCUT2D eigenvalue weighted by molar-refractivity contribution is -0.150. The van der Waals surface area contributed by atoms with Crippen LogP contribution in [0.1, 0.15) is 30.9 Å². The molecule has 0 aliphatic heterocycles. The van der Waals surface area contributed by atoms with E-state index >= 15 is 0 Å². The van der Waals surface area contributed by atoms with E-state index in [0.717, 1.165) is 24.0 Å². The summed E-state index contributed by atoms with van der Waals surface area (Å²) in [5, 5.41) is 9.75. The third-order valence-electron chi connectivity index (χ3n) is 2.81. The lowest BCUT2D eigenvalue weighted by atomic mass is 10.0. The van der Waals surface area contributed by atoms with Gasteiger partial charge in [-0.1, -0.05) is 31.0 Å². The largest absolute Gasteiger partial charge is 0.479 e. The maximum atomic E-state index is 11.1. The van der Waals surface area contributed by atoms with Crippen LogP contribution in [0.5, 0.6) is 0 Å². The molecule has 1 aromatic carbocycles. The number of halogens is 1. The van der Waals surface area contributed by atoms with Crippen molar-refractivity contribution in [2.24, 2.45) is 0 Å². The number of hydrogen-bond donors (Lipinski definition) is 1. The summed E-state index contributed by atoms with van der Waals surface area (Å²) in [4.78, 5) is 11.1. The maximum Gasteiger partial charge on any atom is 0.333 e. The van der Waals surface area contributed by atoms with Crippen LogP contribution in [0.3, 0.4) is 0 Å². The third kappa shape index (κ3) is 4.67. The summed E-state index contributed by atoms with van der Waals surface area (Å²) in [5.41, 5.74) is 1.95. The standard InChI is InChI=1S/C14H19ClO3/c1-3-4-7-18-13(14(16)17)9-11-8-12(15)6-5-10(11)2/h5-6,8,13H,3-4,7,9H2,1-2H3,(H,16,17)/t13-/m0/s1. The molecule has 1 N–H and O–H groups in total. The van der Waals surface area contributed by atoms with Gasteiger partial charge in [-0.25, -0.2) is 4.79 Å². The van der Waals surface area contributed by atoms with Crippen LogP contribution in [0.15, 0.2) is 18.2 Å². The first-order valence-electron chi connectivity index (χ1n) is 6.14. The first-order chi connectivity index (χ1) is 8.54. The fourth-order valence-electron chi connectivity index (χ4n) is 1.65. The van der Waals surface area contributed by atoms with E-state index in [1.165, 1.54) is 0 Å². The predicted molar refractivity (Wildman–Crippen MR) is 72.2 cm³/mol. The quantitative estimate of drug-likeness (QED) is 0.772. The Hall–Kier alpha value is -1.06. The van der Waals surface area contributed by atoms with Crippen molar-refractivity contribution in [3.63, 3.8) is 0 Å². The Labute approximate surface area is 113 Å². The summed E-state index contributed by atoms with van der Waals surface area (Å²) in [7, 11) is 0. The van der Waals surface area contributed by atoms with Crippen LogP contribution < -0.4 is 0 Å². The molecule has 0 fully saturated rings. The highest BCUT2D eigenvalue weighted by atomic mass is 35.5. The van der Waals surface area contributed by atoms with Crippen LogP contribution in [0.25, 0.3) is 0 Å². The molecule has 4 heteroatoms. The molecule has 1 aromatic rings. The minimum atomic E-state index is -0.925. The summed E-state index contributed by atoms with van der Waals surface area (Å²) in [5.74, 6) is -0.925. The van der Waals surface area contributed by atoms with E-state index < -0.39 is 12.1 Å². The molecule has 3 nitrogen and oxygen atoms in total. The van der Waals surface area contributed by atoms with Gasteiger partial charge in [0.25, 0.3) is 0 Å². The Morgan fingerprint density at radius 1 is 1.50 bits per heavy atom. The summed E-state index contributed by atoms with van der Waals surface area (Å²) < 4.78 is 5.40. The molecule has 0 unspecified atom stereocenters. The van der Waals surface area contributed by atoms with Crippen LogP contribution in [0.4, 0.5) is 0 Å². The van der Waals surface area contributed by atoms with Gasteiger partial charge in [0, 0.05) is 18.1 Å². The first-order valence-corrected chi connectivity index (χ1v) is 6.51. The van der Waals surface area contributed by atoms with Crippen molar-refractivity contribution in [1.29, 1.82) is 0 Å². The van der Waals surface area contributed by atoms with E-state index in [2.05, 4.69) is 0 Å². The van der Waals surface area contributed by atoms with Gasteiger partial charge in [0.15, 0.2) is 6.10 Å². The summed E-state index contributed by atoms with van der Waals surface area (Å²) in [6.45, 7) is 4.46. The second-order valence-corrected chi connectivity index (χ2v) is 4.76. The van der Waals surface area contributed by atoms with Crippen molar-refractivity contribution < 1.29 is 14.6 Å². The van der Waals surface area contributed by atoms with Crippen LogP contribution in [0, 0.1) is 6.92 Å². The zero-order valence-corrected chi connectivity index (χ0v) is 11.5. The number of carbonyl (C=O) groups is 1. The van der Waals surface area contributed by atoms with Crippen LogP contribution >= 0.6 is 11.6 Å². The van der Waals surface area contributed by atoms with Crippen molar-refractivity contribution in [2.45, 2.75) is 39.2 Å². The van der Waals surface area contributed by atoms with Gasteiger partial charge in [-0.05, 0) is 36.6 Å².